The summed E-state index contributed by atoms with van der Waals surface area (Å²) in [5.74, 6) is 0.564. The number of aromatic nitrogens is 2. The molecule has 1 aliphatic rings. The Hall–Kier alpha value is -3.03. The zero-order valence-electron chi connectivity index (χ0n) is 11.8. The highest BCUT2D eigenvalue weighted by Gasteiger charge is 2.20. The van der Waals surface area contributed by atoms with Crippen molar-refractivity contribution in [1.82, 2.24) is 9.55 Å². The van der Waals surface area contributed by atoms with E-state index in [0.29, 0.717) is 11.6 Å². The van der Waals surface area contributed by atoms with Gasteiger partial charge in [-0.05, 0) is 25.1 Å². The van der Waals surface area contributed by atoms with Crippen LogP contribution in [0.1, 0.15) is 6.92 Å². The largest absolute Gasteiger partial charge is 0.433 e. The van der Waals surface area contributed by atoms with E-state index in [1.807, 2.05) is 30.7 Å². The molecule has 0 saturated heterocycles. The van der Waals surface area contributed by atoms with Crippen LogP contribution in [0.3, 0.4) is 0 Å². The summed E-state index contributed by atoms with van der Waals surface area (Å²) in [6, 6.07) is 6.61. The van der Waals surface area contributed by atoms with Crippen molar-refractivity contribution in [3.8, 4) is 11.6 Å². The average Bonchev–Trinajstić information content (AvgIpc) is 3.14. The van der Waals surface area contributed by atoms with Crippen LogP contribution in [0, 0.1) is 10.1 Å². The molecule has 0 bridgehead atoms. The Balaban J connectivity index is 2.00. The minimum absolute atomic E-state index is 0.108. The van der Waals surface area contributed by atoms with Crippen LogP contribution in [0.15, 0.2) is 38.7 Å². The summed E-state index contributed by atoms with van der Waals surface area (Å²) < 4.78 is 7.07. The monoisotopic (exact) mass is 297 g/mol. The van der Waals surface area contributed by atoms with Crippen molar-refractivity contribution in [3.05, 3.63) is 45.1 Å². The van der Waals surface area contributed by atoms with Gasteiger partial charge in [-0.3, -0.25) is 20.1 Å². The van der Waals surface area contributed by atoms with Crippen molar-refractivity contribution in [1.29, 1.82) is 0 Å². The van der Waals surface area contributed by atoms with E-state index in [4.69, 9.17) is 4.42 Å². The molecule has 110 valence electrons. The number of imidazole rings is 1. The van der Waals surface area contributed by atoms with Crippen LogP contribution in [0.2, 0.25) is 0 Å². The normalized spacial score (nSPS) is 16.4. The van der Waals surface area contributed by atoms with Gasteiger partial charge in [-0.15, -0.1) is 0 Å². The van der Waals surface area contributed by atoms with Gasteiger partial charge in [0.1, 0.15) is 16.4 Å². The van der Waals surface area contributed by atoms with E-state index in [1.54, 1.807) is 6.07 Å². The molecule has 0 radical (unpaired) electrons. The summed E-state index contributed by atoms with van der Waals surface area (Å²) >= 11 is 0. The zero-order valence-corrected chi connectivity index (χ0v) is 11.8. The van der Waals surface area contributed by atoms with Crippen LogP contribution in [-0.4, -0.2) is 20.6 Å². The van der Waals surface area contributed by atoms with E-state index in [0.717, 1.165) is 21.7 Å². The fourth-order valence-corrected chi connectivity index (χ4v) is 2.69. The van der Waals surface area contributed by atoms with Crippen LogP contribution in [0.5, 0.6) is 0 Å². The Morgan fingerprint density at radius 1 is 1.27 bits per heavy atom. The molecular weight excluding hydrogens is 286 g/mol. The van der Waals surface area contributed by atoms with E-state index in [9.17, 15) is 10.1 Å². The summed E-state index contributed by atoms with van der Waals surface area (Å²) in [4.78, 5) is 23.6. The predicted molar refractivity (Wildman–Crippen MR) is 76.8 cm³/mol. The lowest BCUT2D eigenvalue weighted by molar-refractivity contribution is -0.401. The van der Waals surface area contributed by atoms with Gasteiger partial charge in [0.05, 0.1) is 22.5 Å². The number of hydrogen-bond donors (Lipinski definition) is 0. The third-order valence-electron chi connectivity index (χ3n) is 3.62. The number of hydrogen-bond acceptors (Lipinski definition) is 6. The Morgan fingerprint density at radius 3 is 2.82 bits per heavy atom. The van der Waals surface area contributed by atoms with Gasteiger partial charge in [0.25, 0.3) is 0 Å². The number of nitro groups is 1. The fraction of sp³-hybridized carbons (Fsp3) is 0.214. The topological polar surface area (TPSA) is 98.8 Å². The van der Waals surface area contributed by atoms with Crippen molar-refractivity contribution >= 4 is 16.9 Å². The highest BCUT2D eigenvalue weighted by molar-refractivity contribution is 5.79. The number of rotatable bonds is 2. The molecule has 0 amide bonds. The zero-order chi connectivity index (χ0) is 15.4. The van der Waals surface area contributed by atoms with Gasteiger partial charge in [-0.25, -0.2) is 4.98 Å². The molecule has 1 aromatic carbocycles. The second-order valence-electron chi connectivity index (χ2n) is 5.08. The summed E-state index contributed by atoms with van der Waals surface area (Å²) in [6.45, 7) is 1.92. The van der Waals surface area contributed by atoms with Crippen LogP contribution >= 0.6 is 0 Å². The summed E-state index contributed by atoms with van der Waals surface area (Å²) in [7, 11) is 1.83. The molecule has 1 unspecified atom stereocenters. The molecule has 1 atom stereocenters. The molecule has 2 aromatic heterocycles. The van der Waals surface area contributed by atoms with Gasteiger partial charge in [-0.2, -0.15) is 0 Å². The third-order valence-corrected chi connectivity index (χ3v) is 3.62. The van der Waals surface area contributed by atoms with E-state index in [-0.39, 0.29) is 12.0 Å². The van der Waals surface area contributed by atoms with Crippen molar-refractivity contribution in [2.24, 2.45) is 17.0 Å². The standard InChI is InChI=1S/C14H11N5O3/c1-7-15-8-3-4-9-13(12(8)16-7)18(2)14(17-9)10-5-6-11(22-10)19(20)21/h3-7H,1-2H3. The average molecular weight is 297 g/mol. The lowest BCUT2D eigenvalue weighted by atomic mass is 10.3. The number of fused-ring (bicyclic) bond motifs is 3. The molecule has 0 saturated carbocycles. The second kappa shape index (κ2) is 4.23. The van der Waals surface area contributed by atoms with E-state index in [2.05, 4.69) is 15.0 Å². The van der Waals surface area contributed by atoms with Crippen LogP contribution in [0.25, 0.3) is 22.6 Å². The molecule has 3 aromatic rings. The quantitative estimate of drug-likeness (QED) is 0.526. The Morgan fingerprint density at radius 2 is 2.09 bits per heavy atom. The van der Waals surface area contributed by atoms with Crippen LogP contribution < -0.4 is 10.7 Å². The van der Waals surface area contributed by atoms with Gasteiger partial charge in [0.2, 0.25) is 0 Å². The molecule has 0 N–H and O–H groups in total. The molecule has 8 nitrogen and oxygen atoms in total. The Labute approximate surface area is 123 Å². The van der Waals surface area contributed by atoms with Gasteiger partial charge in [-0.1, -0.05) is 0 Å². The lowest BCUT2D eigenvalue weighted by Crippen LogP contribution is -2.23. The first-order valence-corrected chi connectivity index (χ1v) is 6.70. The minimum atomic E-state index is -0.570. The van der Waals surface area contributed by atoms with E-state index >= 15 is 0 Å². The highest BCUT2D eigenvalue weighted by Crippen LogP contribution is 2.26. The summed E-state index contributed by atoms with van der Waals surface area (Å²) in [5.41, 5.74) is 1.60. The number of nitrogens with zero attached hydrogens (tertiary/aromatic N) is 5. The number of aryl methyl sites for hydroxylation is 1. The molecule has 8 heteroatoms. The molecule has 3 heterocycles. The second-order valence-corrected chi connectivity index (χ2v) is 5.08. The SMILES string of the molecule is CC1N=c2ccc3nc(-c4ccc([N+](=O)[O-])o4)n(C)c3c2=N1. The number of benzene rings is 1. The Bertz CT molecular complexity index is 1050. The Kier molecular flexibility index (Phi) is 2.44. The predicted octanol–water partition coefficient (Wildman–Crippen LogP) is 1.34. The molecule has 1 aliphatic heterocycles. The van der Waals surface area contributed by atoms with Crippen molar-refractivity contribution in [3.63, 3.8) is 0 Å². The first kappa shape index (κ1) is 12.7. The van der Waals surface area contributed by atoms with Gasteiger partial charge in [0, 0.05) is 7.05 Å². The van der Waals surface area contributed by atoms with Crippen molar-refractivity contribution in [2.75, 3.05) is 0 Å². The van der Waals surface area contributed by atoms with Crippen molar-refractivity contribution in [2.45, 2.75) is 13.1 Å². The molecule has 4 rings (SSSR count). The van der Waals surface area contributed by atoms with E-state index in [1.165, 1.54) is 6.07 Å². The summed E-state index contributed by atoms with van der Waals surface area (Å²) in [5, 5.41) is 12.4. The van der Waals surface area contributed by atoms with Crippen LogP contribution in [0.4, 0.5) is 5.88 Å². The van der Waals surface area contributed by atoms with Crippen LogP contribution in [-0.2, 0) is 7.05 Å². The molecule has 0 aliphatic carbocycles. The van der Waals surface area contributed by atoms with Gasteiger partial charge in [0.15, 0.2) is 11.6 Å². The first-order valence-electron chi connectivity index (χ1n) is 6.70. The minimum Gasteiger partial charge on any atom is -0.397 e. The maximum atomic E-state index is 10.7. The maximum absolute atomic E-state index is 10.7. The fourth-order valence-electron chi connectivity index (χ4n) is 2.69. The lowest BCUT2D eigenvalue weighted by Gasteiger charge is -1.98. The number of furan rings is 1. The van der Waals surface area contributed by atoms with Gasteiger partial charge < -0.3 is 8.98 Å². The first-order chi connectivity index (χ1) is 10.5. The van der Waals surface area contributed by atoms with Gasteiger partial charge >= 0.3 is 5.88 Å². The third kappa shape index (κ3) is 1.67. The molecule has 0 spiro atoms. The highest BCUT2D eigenvalue weighted by atomic mass is 16.6. The smallest absolute Gasteiger partial charge is 0.397 e. The van der Waals surface area contributed by atoms with E-state index < -0.39 is 4.92 Å². The summed E-state index contributed by atoms with van der Waals surface area (Å²) in [6.07, 6.45) is -0.108. The molecule has 0 fully saturated rings. The maximum Gasteiger partial charge on any atom is 0.433 e. The van der Waals surface area contributed by atoms with Crippen molar-refractivity contribution < 1.29 is 9.34 Å². The molecular formula is C14H11N5O3. The molecule has 22 heavy (non-hydrogen) atoms.